The molecule has 0 saturated heterocycles. The van der Waals surface area contributed by atoms with Gasteiger partial charge in [-0.25, -0.2) is 13.1 Å². The highest BCUT2D eigenvalue weighted by Crippen LogP contribution is 2.16. The number of furan rings is 1. The van der Waals surface area contributed by atoms with E-state index < -0.39 is 10.0 Å². The van der Waals surface area contributed by atoms with Crippen molar-refractivity contribution in [3.63, 3.8) is 0 Å². The molecule has 7 nitrogen and oxygen atoms in total. The Bertz CT molecular complexity index is 995. The summed E-state index contributed by atoms with van der Waals surface area (Å²) in [7, 11) is -2.11. The maximum atomic E-state index is 12.3. The van der Waals surface area contributed by atoms with Crippen molar-refractivity contribution in [1.29, 1.82) is 0 Å². The number of carbonyl (C=O) groups excluding carboxylic acids is 1. The molecule has 3 aromatic rings. The van der Waals surface area contributed by atoms with Crippen LogP contribution in [-0.2, 0) is 16.6 Å². The molecule has 0 bridgehead atoms. The molecular weight excluding hydrogens is 368 g/mol. The number of amides is 1. The number of nitrogens with one attached hydrogen (secondary N) is 2. The predicted octanol–water partition coefficient (Wildman–Crippen LogP) is 3.02. The Balaban J connectivity index is 1.60. The number of rotatable bonds is 7. The van der Waals surface area contributed by atoms with E-state index >= 15 is 0 Å². The third-order valence-corrected chi connectivity index (χ3v) is 5.21. The standard InChI is InChI=1S/C19H18N2O5S/c1-25-16-8-10-17(11-9-16)27(23,24)20-13-14-4-6-15(7-5-14)21-19(22)18-3-2-12-26-18/h2-12,20H,13H2,1H3,(H,21,22). The number of carbonyl (C=O) groups is 1. The van der Waals surface area contributed by atoms with Gasteiger partial charge in [-0.2, -0.15) is 0 Å². The summed E-state index contributed by atoms with van der Waals surface area (Å²) in [4.78, 5) is 12.1. The molecule has 0 spiro atoms. The van der Waals surface area contributed by atoms with Gasteiger partial charge in [0.15, 0.2) is 5.76 Å². The highest BCUT2D eigenvalue weighted by molar-refractivity contribution is 7.89. The molecule has 0 fully saturated rings. The molecule has 0 radical (unpaired) electrons. The Kier molecular flexibility index (Phi) is 5.58. The molecule has 3 rings (SSSR count). The Morgan fingerprint density at radius 1 is 1.04 bits per heavy atom. The molecule has 0 saturated carbocycles. The second-order valence-electron chi connectivity index (χ2n) is 5.63. The average Bonchev–Trinajstić information content (AvgIpc) is 3.22. The normalized spacial score (nSPS) is 11.1. The molecule has 0 aliphatic carbocycles. The number of sulfonamides is 1. The van der Waals surface area contributed by atoms with E-state index in [2.05, 4.69) is 10.0 Å². The van der Waals surface area contributed by atoms with Crippen LogP contribution >= 0.6 is 0 Å². The van der Waals surface area contributed by atoms with Crippen LogP contribution in [0.4, 0.5) is 5.69 Å². The fraction of sp³-hybridized carbons (Fsp3) is 0.105. The largest absolute Gasteiger partial charge is 0.497 e. The van der Waals surface area contributed by atoms with Gasteiger partial charge in [-0.1, -0.05) is 12.1 Å². The van der Waals surface area contributed by atoms with Gasteiger partial charge in [-0.15, -0.1) is 0 Å². The number of ether oxygens (including phenoxy) is 1. The second-order valence-corrected chi connectivity index (χ2v) is 7.40. The van der Waals surface area contributed by atoms with Gasteiger partial charge in [0.1, 0.15) is 5.75 Å². The predicted molar refractivity (Wildman–Crippen MR) is 100 cm³/mol. The molecule has 1 amide bonds. The summed E-state index contributed by atoms with van der Waals surface area (Å²) in [5, 5.41) is 2.70. The summed E-state index contributed by atoms with van der Waals surface area (Å²) in [6.07, 6.45) is 1.42. The molecular formula is C19H18N2O5S. The monoisotopic (exact) mass is 386 g/mol. The van der Waals surface area contributed by atoms with Gasteiger partial charge in [0, 0.05) is 12.2 Å². The van der Waals surface area contributed by atoms with Crippen LogP contribution in [0, 0.1) is 0 Å². The van der Waals surface area contributed by atoms with E-state index in [1.807, 2.05) is 0 Å². The lowest BCUT2D eigenvalue weighted by atomic mass is 10.2. The van der Waals surface area contributed by atoms with Crippen LogP contribution in [0.5, 0.6) is 5.75 Å². The van der Waals surface area contributed by atoms with E-state index in [9.17, 15) is 13.2 Å². The van der Waals surface area contributed by atoms with Crippen LogP contribution in [0.3, 0.4) is 0 Å². The van der Waals surface area contributed by atoms with E-state index in [1.54, 1.807) is 48.5 Å². The van der Waals surface area contributed by atoms with E-state index in [1.165, 1.54) is 25.5 Å². The van der Waals surface area contributed by atoms with Gasteiger partial charge in [-0.3, -0.25) is 4.79 Å². The Hall–Kier alpha value is -3.10. The zero-order valence-corrected chi connectivity index (χ0v) is 15.3. The van der Waals surface area contributed by atoms with Gasteiger partial charge in [-0.05, 0) is 54.1 Å². The molecule has 1 heterocycles. The number of hydrogen-bond acceptors (Lipinski definition) is 5. The minimum absolute atomic E-state index is 0.126. The SMILES string of the molecule is COc1ccc(S(=O)(=O)NCc2ccc(NC(=O)c3ccco3)cc2)cc1. The third-order valence-electron chi connectivity index (χ3n) is 3.79. The van der Waals surface area contributed by atoms with Crippen molar-refractivity contribution < 1.29 is 22.4 Å². The van der Waals surface area contributed by atoms with Crippen molar-refractivity contribution >= 4 is 21.6 Å². The first kappa shape index (κ1) is 18.7. The first-order valence-corrected chi connectivity index (χ1v) is 9.54. The zero-order chi connectivity index (χ0) is 19.3. The number of benzene rings is 2. The summed E-state index contributed by atoms with van der Waals surface area (Å²) in [5.41, 5.74) is 1.33. The van der Waals surface area contributed by atoms with E-state index in [0.29, 0.717) is 11.4 Å². The maximum Gasteiger partial charge on any atom is 0.291 e. The van der Waals surface area contributed by atoms with Crippen LogP contribution in [0.1, 0.15) is 16.1 Å². The van der Waals surface area contributed by atoms with Crippen molar-refractivity contribution in [2.75, 3.05) is 12.4 Å². The second kappa shape index (κ2) is 8.07. The van der Waals surface area contributed by atoms with Crippen molar-refractivity contribution in [1.82, 2.24) is 4.72 Å². The lowest BCUT2D eigenvalue weighted by molar-refractivity contribution is 0.0996. The number of methoxy groups -OCH3 is 1. The van der Waals surface area contributed by atoms with E-state index in [-0.39, 0.29) is 23.1 Å². The van der Waals surface area contributed by atoms with Gasteiger partial charge in [0.2, 0.25) is 10.0 Å². The molecule has 1 aromatic heterocycles. The molecule has 2 N–H and O–H groups in total. The quantitative estimate of drug-likeness (QED) is 0.650. The fourth-order valence-corrected chi connectivity index (χ4v) is 3.34. The Labute approximate surface area is 157 Å². The molecule has 0 aliphatic rings. The molecule has 2 aromatic carbocycles. The number of anilines is 1. The topological polar surface area (TPSA) is 97.6 Å². The van der Waals surface area contributed by atoms with Gasteiger partial charge in [0.05, 0.1) is 18.3 Å². The molecule has 0 aliphatic heterocycles. The molecule has 27 heavy (non-hydrogen) atoms. The van der Waals surface area contributed by atoms with Gasteiger partial charge >= 0.3 is 0 Å². The summed E-state index contributed by atoms with van der Waals surface area (Å²) in [6.45, 7) is 0.126. The van der Waals surface area contributed by atoms with Gasteiger partial charge in [0.25, 0.3) is 5.91 Å². The molecule has 0 unspecified atom stereocenters. The third kappa shape index (κ3) is 4.75. The first-order chi connectivity index (χ1) is 13.0. The van der Waals surface area contributed by atoms with Crippen LogP contribution in [-0.4, -0.2) is 21.4 Å². The summed E-state index contributed by atoms with van der Waals surface area (Å²) >= 11 is 0. The van der Waals surface area contributed by atoms with Crippen LogP contribution in [0.2, 0.25) is 0 Å². The molecule has 140 valence electrons. The summed E-state index contributed by atoms with van der Waals surface area (Å²) in [6, 6.07) is 16.2. The lowest BCUT2D eigenvalue weighted by Gasteiger charge is -2.09. The lowest BCUT2D eigenvalue weighted by Crippen LogP contribution is -2.23. The van der Waals surface area contributed by atoms with Crippen molar-refractivity contribution in [2.24, 2.45) is 0 Å². The molecule has 0 atom stereocenters. The average molecular weight is 386 g/mol. The van der Waals surface area contributed by atoms with E-state index in [0.717, 1.165) is 5.56 Å². The van der Waals surface area contributed by atoms with Crippen LogP contribution in [0.25, 0.3) is 0 Å². The maximum absolute atomic E-state index is 12.3. The fourth-order valence-electron chi connectivity index (χ4n) is 2.32. The van der Waals surface area contributed by atoms with Crippen LogP contribution < -0.4 is 14.8 Å². The van der Waals surface area contributed by atoms with Crippen molar-refractivity contribution in [2.45, 2.75) is 11.4 Å². The van der Waals surface area contributed by atoms with Crippen LogP contribution in [0.15, 0.2) is 76.2 Å². The highest BCUT2D eigenvalue weighted by Gasteiger charge is 2.14. The zero-order valence-electron chi connectivity index (χ0n) is 14.5. The first-order valence-electron chi connectivity index (χ1n) is 8.05. The van der Waals surface area contributed by atoms with Gasteiger partial charge < -0.3 is 14.5 Å². The minimum atomic E-state index is -3.63. The van der Waals surface area contributed by atoms with E-state index in [4.69, 9.17) is 9.15 Å². The highest BCUT2D eigenvalue weighted by atomic mass is 32.2. The Morgan fingerprint density at radius 2 is 1.74 bits per heavy atom. The van der Waals surface area contributed by atoms with Crippen molar-refractivity contribution in [3.8, 4) is 5.75 Å². The summed E-state index contributed by atoms with van der Waals surface area (Å²) < 4.78 is 37.2. The Morgan fingerprint density at radius 3 is 2.33 bits per heavy atom. The minimum Gasteiger partial charge on any atom is -0.497 e. The molecule has 8 heteroatoms. The smallest absolute Gasteiger partial charge is 0.291 e. The summed E-state index contributed by atoms with van der Waals surface area (Å²) in [5.74, 6) is 0.445. The van der Waals surface area contributed by atoms with Crippen molar-refractivity contribution in [3.05, 3.63) is 78.3 Å². The number of hydrogen-bond donors (Lipinski definition) is 2.